The first kappa shape index (κ1) is 42.1. The summed E-state index contributed by atoms with van der Waals surface area (Å²) in [5.74, 6) is 0. The van der Waals surface area contributed by atoms with E-state index in [1.165, 1.54) is 0 Å². The van der Waals surface area contributed by atoms with Gasteiger partial charge >= 0.3 is 23.1 Å². The van der Waals surface area contributed by atoms with Crippen LogP contribution >= 0.6 is 0 Å². The largest absolute Gasteiger partial charge is 0.316 e. The zero-order chi connectivity index (χ0) is 0. The van der Waals surface area contributed by atoms with Gasteiger partial charge in [-0.2, -0.15) is 0 Å². The lowest BCUT2D eigenvalue weighted by molar-refractivity contribution is 1.11. The highest BCUT2D eigenvalue weighted by Gasteiger charge is 0.316. The van der Waals surface area contributed by atoms with Gasteiger partial charge in [-0.1, -0.05) is 0 Å². The van der Waals surface area contributed by atoms with Crippen LogP contribution in [0.1, 0.15) is 0 Å². The van der Waals surface area contributed by atoms with Gasteiger partial charge in [-0.15, -0.1) is 0 Å². The fraction of sp³-hybridized carbons (Fsp3) is 0. The van der Waals surface area contributed by atoms with Crippen molar-refractivity contribution in [2.24, 2.45) is 0 Å². The minimum absolute atomic E-state index is 0. The molecule has 0 radical (unpaired) electrons. The monoisotopic (exact) mass is 106 g/mol. The molecule has 0 amide bonds. The summed E-state index contributed by atoms with van der Waals surface area (Å²) in [4.78, 5) is 0. The van der Waals surface area contributed by atoms with Crippen molar-refractivity contribution in [1.29, 1.82) is 0 Å². The molecule has 0 aliphatic heterocycles. The fourth-order valence-corrected chi connectivity index (χ4v) is 0. The number of hydrogen-bond acceptors (Lipinski definition) is 0. The molecular weight excluding hydrogens is 97.3 g/mol. The Hall–Kier alpha value is 1.76. The average Bonchev–Trinajstić information content (AvgIpc) is 0. The maximum atomic E-state index is 0. The molecule has 0 saturated heterocycles. The lowest BCUT2D eigenvalue weighted by Gasteiger charge is -0.269. The van der Waals surface area contributed by atoms with E-state index in [1.807, 2.05) is 0 Å². The first-order chi connectivity index (χ1) is 0. The topological polar surface area (TPSA) is 0 Å². The van der Waals surface area contributed by atoms with Crippen LogP contribution in [0, 0.1) is 0 Å². The summed E-state index contributed by atoms with van der Waals surface area (Å²) in [6.45, 7) is 0. The molecule has 4 heavy (non-hydrogen) atoms. The van der Waals surface area contributed by atoms with E-state index < -0.39 is 0 Å². The van der Waals surface area contributed by atoms with Gasteiger partial charge in [0.15, 0.2) is 34.7 Å². The van der Waals surface area contributed by atoms with E-state index in [4.69, 9.17) is 0 Å². The molecule has 0 saturated carbocycles. The third-order valence-electron chi connectivity index (χ3n) is 0. The molecule has 0 aliphatic rings. The van der Waals surface area contributed by atoms with Crippen LogP contribution in [0.3, 0.4) is 0 Å². The van der Waals surface area contributed by atoms with Gasteiger partial charge in [-0.05, 0) is 0 Å². The zero-order valence-electron chi connectivity index (χ0n) is 0.408. The summed E-state index contributed by atoms with van der Waals surface area (Å²) in [6.07, 6.45) is 0. The Morgan fingerprint density at radius 1 is 0.750 bits per heavy atom. The Bertz CT molecular complexity index is 6.00. The molecule has 0 aromatic rings. The van der Waals surface area contributed by atoms with Crippen LogP contribution in [0.25, 0.3) is 0 Å². The van der Waals surface area contributed by atoms with E-state index in [-0.39, 0.29) is 62.5 Å². The third kappa shape index (κ3) is 9.24. The van der Waals surface area contributed by atoms with Gasteiger partial charge < -0.3 is 0 Å². The number of rotatable bonds is 0. The van der Waals surface area contributed by atoms with E-state index in [1.54, 1.807) is 0 Å². The second kappa shape index (κ2) is 21.7. The Morgan fingerprint density at radius 2 is 0.750 bits per heavy atom. The molecule has 0 spiro atoms. The van der Waals surface area contributed by atoms with Crippen molar-refractivity contribution >= 4 is 57.8 Å². The van der Waals surface area contributed by atoms with Crippen LogP contribution in [0.15, 0.2) is 0 Å². The molecule has 0 atom stereocenters. The second-order valence-corrected chi connectivity index (χ2v) is 0. The summed E-state index contributed by atoms with van der Waals surface area (Å²) in [5.41, 5.74) is 0. The summed E-state index contributed by atoms with van der Waals surface area (Å²) in [7, 11) is 0. The van der Waals surface area contributed by atoms with Crippen molar-refractivity contribution in [1.82, 2.24) is 0 Å². The minimum Gasteiger partial charge on any atom is -0.269 e. The van der Waals surface area contributed by atoms with Crippen molar-refractivity contribution in [2.75, 3.05) is 0 Å². The molecule has 0 N–H and O–H groups in total. The van der Waals surface area contributed by atoms with Gasteiger partial charge in [0.05, 0.1) is 0 Å². The van der Waals surface area contributed by atoms with Crippen molar-refractivity contribution < 1.29 is 4.70 Å². The standard InChI is InChI=1S/2Al.FH.Mg.8H/h;;1H;;;;;;;;;. The van der Waals surface area contributed by atoms with Gasteiger partial charge in [0.2, 0.25) is 0 Å². The first-order valence-corrected chi connectivity index (χ1v) is 0. The number of halogens is 1. The van der Waals surface area contributed by atoms with Crippen molar-refractivity contribution in [3.63, 3.8) is 0 Å². The Labute approximate surface area is 62.1 Å². The van der Waals surface area contributed by atoms with Crippen LogP contribution in [0.2, 0.25) is 0 Å². The normalized spacial score (nSPS) is 0. The van der Waals surface area contributed by atoms with Gasteiger partial charge in [0.25, 0.3) is 0 Å². The fourth-order valence-electron chi connectivity index (χ4n) is 0. The number of hydrogen-bond donors (Lipinski definition) is 0. The van der Waals surface area contributed by atoms with E-state index in [0.29, 0.717) is 0 Å². The highest BCUT2D eigenvalue weighted by atomic mass is 27.0. The highest BCUT2D eigenvalue weighted by molar-refractivity contribution is 5.76. The van der Waals surface area contributed by atoms with E-state index in [0.717, 1.165) is 0 Å². The lowest BCUT2D eigenvalue weighted by Crippen LogP contribution is -0.382. The lowest BCUT2D eigenvalue weighted by atomic mass is 19.0. The SMILES string of the molecule is F.[AlH3].[AlH3].[MgH2]. The maximum absolute atomic E-state index is 0. The summed E-state index contributed by atoms with van der Waals surface area (Å²) >= 11 is 0. The molecule has 0 aromatic carbocycles. The molecule has 0 bridgehead atoms. The Balaban J connectivity index is 0. The maximum Gasteiger partial charge on any atom is 0.316 e. The molecule has 0 aromatic heterocycles. The molecule has 0 heterocycles. The predicted octanol–water partition coefficient (Wildman–Crippen LogP) is -3.13. The van der Waals surface area contributed by atoms with Crippen LogP contribution in [-0.2, 0) is 0 Å². The van der Waals surface area contributed by atoms with Crippen LogP contribution in [0.5, 0.6) is 0 Å². The van der Waals surface area contributed by atoms with Gasteiger partial charge in [0, 0.05) is 0 Å². The molecular formula is H9Al2FMg. The predicted molar refractivity (Wildman–Crippen MR) is 30.9 cm³/mol. The molecule has 0 nitrogen and oxygen atoms in total. The molecule has 24 valence electrons. The van der Waals surface area contributed by atoms with Gasteiger partial charge in [0.1, 0.15) is 0 Å². The average molecular weight is 106 g/mol. The van der Waals surface area contributed by atoms with E-state index in [2.05, 4.69) is 0 Å². The van der Waals surface area contributed by atoms with Gasteiger partial charge in [-0.3, -0.25) is 4.70 Å². The van der Waals surface area contributed by atoms with Crippen molar-refractivity contribution in [3.05, 3.63) is 0 Å². The zero-order valence-corrected chi connectivity index (χ0v) is 0.408. The Kier molecular flexibility index (Phi) is 229. The van der Waals surface area contributed by atoms with Gasteiger partial charge in [-0.25, -0.2) is 0 Å². The highest BCUT2D eigenvalue weighted by Crippen LogP contribution is 0.420. The van der Waals surface area contributed by atoms with Crippen LogP contribution < -0.4 is 0 Å². The molecule has 0 unspecified atom stereocenters. The summed E-state index contributed by atoms with van der Waals surface area (Å²) < 4.78 is 0. The first-order valence-electron chi connectivity index (χ1n) is 0. The van der Waals surface area contributed by atoms with E-state index >= 15 is 0 Å². The molecule has 0 aliphatic carbocycles. The smallest absolute Gasteiger partial charge is 0.269 e. The molecule has 0 rings (SSSR count). The van der Waals surface area contributed by atoms with Crippen molar-refractivity contribution in [3.8, 4) is 0 Å². The van der Waals surface area contributed by atoms with Crippen molar-refractivity contribution in [2.45, 2.75) is 0 Å². The van der Waals surface area contributed by atoms with E-state index in [9.17, 15) is 0 Å². The molecule has 4 heteroatoms. The second-order valence-electron chi connectivity index (χ2n) is 0. The molecule has 0 fully saturated rings. The summed E-state index contributed by atoms with van der Waals surface area (Å²) in [6, 6.07) is 0. The minimum atomic E-state index is 0. The summed E-state index contributed by atoms with van der Waals surface area (Å²) in [5, 5.41) is 0. The Morgan fingerprint density at radius 3 is 0.750 bits per heavy atom. The van der Waals surface area contributed by atoms with Crippen LogP contribution in [0.4, 0.5) is 4.70 Å². The third-order valence-corrected chi connectivity index (χ3v) is 0. The quantitative estimate of drug-likeness (QED) is 0.287. The van der Waals surface area contributed by atoms with Crippen LogP contribution in [-0.4, -0.2) is 57.8 Å².